The minimum Gasteiger partial charge on any atom is -0.481 e. The summed E-state index contributed by atoms with van der Waals surface area (Å²) in [6.07, 6.45) is 9.01. The van der Waals surface area contributed by atoms with Gasteiger partial charge >= 0.3 is 35.8 Å². The minimum atomic E-state index is -1.27. The van der Waals surface area contributed by atoms with E-state index >= 15 is 0 Å². The van der Waals surface area contributed by atoms with Crippen molar-refractivity contribution in [3.8, 4) is 12.1 Å². The van der Waals surface area contributed by atoms with E-state index in [-0.39, 0.29) is 24.8 Å². The summed E-state index contributed by atoms with van der Waals surface area (Å²) in [5.74, 6) is -6.29. The quantitative estimate of drug-likeness (QED) is 0.0667. The van der Waals surface area contributed by atoms with Crippen molar-refractivity contribution in [2.75, 3.05) is 20.3 Å². The van der Waals surface area contributed by atoms with E-state index in [0.29, 0.717) is 23.3 Å². The Morgan fingerprint density at radius 3 is 1.33 bits per heavy atom. The molecule has 0 bridgehead atoms. The molecule has 0 spiro atoms. The molecule has 0 atom stereocenters. The van der Waals surface area contributed by atoms with Gasteiger partial charge in [-0.25, -0.2) is 24.0 Å². The topological polar surface area (TPSA) is 313 Å². The monoisotopic (exact) mass is 811 g/mol. The second kappa shape index (κ2) is 55.6. The van der Waals surface area contributed by atoms with Crippen LogP contribution in [0.5, 0.6) is 0 Å². The molecule has 0 aliphatic heterocycles. The Hall–Kier alpha value is -8.15. The van der Waals surface area contributed by atoms with Gasteiger partial charge < -0.3 is 40.7 Å². The lowest BCUT2D eigenvalue weighted by atomic mass is 10.2. The highest BCUT2D eigenvalue weighted by Gasteiger charge is 2.07. The van der Waals surface area contributed by atoms with Gasteiger partial charge in [0, 0.05) is 41.0 Å². The number of primary amides is 1. The fraction of sp³-hybridized carbons (Fsp3) is 0.146. The summed E-state index contributed by atoms with van der Waals surface area (Å²) >= 11 is 0. The molecule has 17 heteroatoms. The van der Waals surface area contributed by atoms with Gasteiger partial charge in [0.25, 0.3) is 0 Å². The number of hydrogen-bond acceptors (Lipinski definition) is 12. The Labute approximate surface area is 339 Å². The summed E-state index contributed by atoms with van der Waals surface area (Å²) in [6.45, 7) is 32.6. The van der Waals surface area contributed by atoms with Crippen molar-refractivity contribution in [2.24, 2.45) is 5.73 Å². The third kappa shape index (κ3) is 97.3. The molecule has 0 aliphatic carbocycles. The molecule has 0 radical (unpaired) electrons. The highest BCUT2D eigenvalue weighted by molar-refractivity contribution is 5.91. The van der Waals surface area contributed by atoms with E-state index in [4.69, 9.17) is 36.1 Å². The number of nitriles is 2. The van der Waals surface area contributed by atoms with Crippen LogP contribution in [0.1, 0.15) is 25.8 Å². The van der Waals surface area contributed by atoms with Gasteiger partial charge in [-0.2, -0.15) is 10.5 Å². The number of rotatable bonds is 12. The zero-order valence-electron chi connectivity index (χ0n) is 32.9. The van der Waals surface area contributed by atoms with Crippen LogP contribution in [0.25, 0.3) is 6.08 Å². The summed E-state index contributed by atoms with van der Waals surface area (Å²) in [5.41, 5.74) is 6.40. The van der Waals surface area contributed by atoms with Crippen molar-refractivity contribution >= 4 is 47.8 Å². The van der Waals surface area contributed by atoms with E-state index in [2.05, 4.69) is 74.4 Å². The number of carboxylic acid groups (broad SMARTS) is 4. The zero-order valence-corrected chi connectivity index (χ0v) is 32.9. The molecule has 1 aromatic carbocycles. The van der Waals surface area contributed by atoms with Crippen LogP contribution in [0.15, 0.2) is 149 Å². The molecule has 1 aromatic rings. The molecular weight excluding hydrogens is 758 g/mol. The number of aliphatic hydroxyl groups excluding tert-OH is 1. The number of nitrogens with zero attached hydrogens (tertiary/aromatic N) is 2. The number of carboxylic acids is 4. The first-order valence-corrected chi connectivity index (χ1v) is 15.3. The fourth-order valence-corrected chi connectivity index (χ4v) is 1.37. The number of carbonyl (C=O) groups excluding carboxylic acids is 3. The number of esters is 2. The van der Waals surface area contributed by atoms with Crippen LogP contribution in [-0.4, -0.2) is 87.6 Å². The van der Waals surface area contributed by atoms with Crippen molar-refractivity contribution in [2.45, 2.75) is 20.3 Å². The first-order valence-electron chi connectivity index (χ1n) is 15.3. The zero-order chi connectivity index (χ0) is 47.5. The van der Waals surface area contributed by atoms with E-state index in [0.717, 1.165) is 12.2 Å². The maximum Gasteiger partial charge on any atom is 0.332 e. The third-order valence-electron chi connectivity index (χ3n) is 3.76. The van der Waals surface area contributed by atoms with Crippen molar-refractivity contribution in [3.63, 3.8) is 0 Å². The Kier molecular flexibility index (Phi) is 65.1. The average molecular weight is 812 g/mol. The molecule has 316 valence electrons. The van der Waals surface area contributed by atoms with Crippen LogP contribution in [0.2, 0.25) is 0 Å². The van der Waals surface area contributed by atoms with Gasteiger partial charge in [-0.3, -0.25) is 9.59 Å². The first kappa shape index (κ1) is 67.9. The molecule has 1 amide bonds. The van der Waals surface area contributed by atoms with Crippen LogP contribution in [0, 0.1) is 22.7 Å². The van der Waals surface area contributed by atoms with Crippen molar-refractivity contribution in [1.82, 2.24) is 0 Å². The number of nitrogens with two attached hydrogens (primary N) is 1. The molecule has 58 heavy (non-hydrogen) atoms. The molecule has 0 aromatic heterocycles. The number of aliphatic carboxylic acids is 4. The van der Waals surface area contributed by atoms with Gasteiger partial charge in [-0.1, -0.05) is 108 Å². The average Bonchev–Trinajstić information content (AvgIpc) is 3.20. The van der Waals surface area contributed by atoms with Crippen LogP contribution in [0.4, 0.5) is 0 Å². The number of amides is 1. The highest BCUT2D eigenvalue weighted by atomic mass is 16.5. The van der Waals surface area contributed by atoms with E-state index in [1.165, 1.54) is 18.7 Å². The fourth-order valence-electron chi connectivity index (χ4n) is 1.37. The number of benzene rings is 1. The molecule has 0 saturated heterocycles. The van der Waals surface area contributed by atoms with Crippen LogP contribution in [0.3, 0.4) is 0 Å². The minimum absolute atomic E-state index is 0.0465. The number of hydrogen-bond donors (Lipinski definition) is 6. The molecule has 0 fully saturated rings. The van der Waals surface area contributed by atoms with Gasteiger partial charge in [0.2, 0.25) is 5.91 Å². The molecule has 1 rings (SSSR count). The van der Waals surface area contributed by atoms with Crippen LogP contribution in [-0.2, 0) is 43.0 Å². The maximum atomic E-state index is 10.2. The normalized spacial score (nSPS) is 7.48. The number of allylic oxidation sites excluding steroid dienone is 4. The highest BCUT2D eigenvalue weighted by Crippen LogP contribution is 1.97. The second-order valence-corrected chi connectivity index (χ2v) is 8.77. The smallest absolute Gasteiger partial charge is 0.332 e. The maximum absolute atomic E-state index is 10.2. The van der Waals surface area contributed by atoms with E-state index in [1.807, 2.05) is 42.5 Å². The van der Waals surface area contributed by atoms with Gasteiger partial charge in [0.05, 0.1) is 32.3 Å². The molecule has 7 N–H and O–H groups in total. The van der Waals surface area contributed by atoms with E-state index in [9.17, 15) is 33.6 Å². The Balaban J connectivity index is -0.0000000819. The number of carbonyl (C=O) groups is 7. The van der Waals surface area contributed by atoms with Crippen LogP contribution >= 0.6 is 0 Å². The predicted octanol–water partition coefficient (Wildman–Crippen LogP) is 5.38. The lowest BCUT2D eigenvalue weighted by Gasteiger charge is -1.94. The third-order valence-corrected chi connectivity index (χ3v) is 3.76. The van der Waals surface area contributed by atoms with Gasteiger partial charge in [0.15, 0.2) is 0 Å². The number of aliphatic hydroxyl groups is 1. The molecule has 17 nitrogen and oxygen atoms in total. The molecule has 0 heterocycles. The van der Waals surface area contributed by atoms with Gasteiger partial charge in [-0.15, -0.1) is 0 Å². The summed E-state index contributed by atoms with van der Waals surface area (Å²) in [7, 11) is 1.33. The number of methoxy groups -OCH3 is 1. The molecule has 0 aliphatic rings. The summed E-state index contributed by atoms with van der Waals surface area (Å²) in [6, 6.07) is 13.6. The largest absolute Gasteiger partial charge is 0.481 e. The summed E-state index contributed by atoms with van der Waals surface area (Å²) < 4.78 is 8.61. The SMILES string of the molecule is C=C(C)C#N.C=C(C)C(=O)OC.C=C(CC(=O)O)C(=O)O.C=CC#N.C=CC(=O)OCCO.C=CC(N)=O.C=CC=C.C=Cc1ccccc1.O=C(O)/C=C\C(=O)O. The van der Waals surface area contributed by atoms with Crippen molar-refractivity contribution in [1.29, 1.82) is 10.5 Å². The Bertz CT molecular complexity index is 1570. The first-order chi connectivity index (χ1) is 27.0. The second-order valence-electron chi connectivity index (χ2n) is 8.77. The molecule has 0 saturated carbocycles. The molecule has 0 unspecified atom stereocenters. The predicted molar refractivity (Wildman–Crippen MR) is 221 cm³/mol. The summed E-state index contributed by atoms with van der Waals surface area (Å²) in [5, 5.41) is 55.1. The van der Waals surface area contributed by atoms with E-state index < -0.39 is 42.2 Å². The van der Waals surface area contributed by atoms with Gasteiger partial charge in [-0.05, 0) is 25.5 Å². The van der Waals surface area contributed by atoms with Crippen molar-refractivity contribution < 1.29 is 68.6 Å². The number of ether oxygens (including phenoxy) is 2. The lowest BCUT2D eigenvalue weighted by Crippen LogP contribution is -2.04. The van der Waals surface area contributed by atoms with Crippen LogP contribution < -0.4 is 5.73 Å². The van der Waals surface area contributed by atoms with Gasteiger partial charge in [0.1, 0.15) is 6.61 Å². The lowest BCUT2D eigenvalue weighted by molar-refractivity contribution is -0.139. The summed E-state index contributed by atoms with van der Waals surface area (Å²) in [4.78, 5) is 68.6. The molecular formula is C41H53N3O14. The van der Waals surface area contributed by atoms with Crippen molar-refractivity contribution in [3.05, 3.63) is 154 Å². The Morgan fingerprint density at radius 2 is 1.19 bits per heavy atom. The Morgan fingerprint density at radius 1 is 0.793 bits per heavy atom. The standard InChI is InChI=1S/C8H8.C5H6O4.C5H8O3.C5H8O2.C4H5N.C4H4O4.C4H6.C3H5NO.C3H3N/c1-2-8-6-4-3-5-7-8;1-3(5(8)9)2-4(6)7;1-2-5(7)8-4-3-6;1-4(2)5(6)7-3;1-4(2)3-5;5-3(6)1-2-4(7)8;1-3-4-2;1-2-3(4)5;1-2-3-4/h2-7H,1H2;1-2H2,(H,6,7)(H,8,9);2,6H,1,3-4H2;1H2,2-3H3;1H2,2H3;1-2H,(H,5,6)(H,7,8);3-4H,1-2H2;2H,1H2,(H2,4,5);2H,1H2/b;;;;;2-1-;;;. The van der Waals surface area contributed by atoms with E-state index in [1.54, 1.807) is 32.1 Å².